The summed E-state index contributed by atoms with van der Waals surface area (Å²) in [6.07, 6.45) is 5.20. The third kappa shape index (κ3) is 4.30. The van der Waals surface area contributed by atoms with Crippen molar-refractivity contribution in [3.05, 3.63) is 65.6 Å². The monoisotopic (exact) mass is 437 g/mol. The average molecular weight is 438 g/mol. The number of methoxy groups -OCH3 is 2. The van der Waals surface area contributed by atoms with Gasteiger partial charge in [0, 0.05) is 41.0 Å². The number of nitrogens with zero attached hydrogens (tertiary/aromatic N) is 2. The standard InChI is InChI=1S/C23H23N3O4S/c1-4-20-19-11-23(30-3)22(29-2)10-18(19)16(13-25-20)8-14-7-15-9-17(26-31(27)28)5-6-21(15)24-12-14/h5-7,9-13,26H,4,8H2,1-3H3,(H,27,28). The number of ether oxygens (including phenoxy) is 2. The van der Waals surface area contributed by atoms with Gasteiger partial charge in [-0.2, -0.15) is 0 Å². The number of aromatic nitrogens is 2. The minimum atomic E-state index is -2.12. The number of hydrogen-bond donors (Lipinski definition) is 2. The maximum Gasteiger partial charge on any atom is 0.259 e. The molecular formula is C23H23N3O4S. The number of aryl methyl sites for hydroxylation is 1. The predicted molar refractivity (Wildman–Crippen MR) is 123 cm³/mol. The summed E-state index contributed by atoms with van der Waals surface area (Å²) in [6.45, 7) is 2.08. The molecule has 1 unspecified atom stereocenters. The van der Waals surface area contributed by atoms with E-state index < -0.39 is 11.3 Å². The van der Waals surface area contributed by atoms with Crippen LogP contribution in [0, 0.1) is 0 Å². The van der Waals surface area contributed by atoms with Crippen molar-refractivity contribution in [2.24, 2.45) is 0 Å². The second-order valence-corrected chi connectivity index (χ2v) is 7.82. The molecule has 0 saturated heterocycles. The number of nitrogens with one attached hydrogen (secondary N) is 1. The average Bonchev–Trinajstić information content (AvgIpc) is 2.77. The first-order valence-electron chi connectivity index (χ1n) is 9.81. The molecule has 2 heterocycles. The largest absolute Gasteiger partial charge is 0.493 e. The quantitative estimate of drug-likeness (QED) is 0.414. The van der Waals surface area contributed by atoms with Gasteiger partial charge in [0.1, 0.15) is 0 Å². The van der Waals surface area contributed by atoms with E-state index in [1.165, 1.54) is 0 Å². The smallest absolute Gasteiger partial charge is 0.259 e. The van der Waals surface area contributed by atoms with Gasteiger partial charge < -0.3 is 9.47 Å². The number of pyridine rings is 2. The topological polar surface area (TPSA) is 93.6 Å². The summed E-state index contributed by atoms with van der Waals surface area (Å²) in [5.41, 5.74) is 4.44. The molecule has 2 aromatic carbocycles. The zero-order valence-corrected chi connectivity index (χ0v) is 18.3. The molecule has 0 aliphatic rings. The third-order valence-corrected chi connectivity index (χ3v) is 5.64. The van der Waals surface area contributed by atoms with E-state index in [1.807, 2.05) is 42.7 Å². The molecule has 4 rings (SSSR count). The van der Waals surface area contributed by atoms with Crippen LogP contribution in [-0.4, -0.2) is 32.9 Å². The summed E-state index contributed by atoms with van der Waals surface area (Å²) in [5.74, 6) is 1.35. The first-order valence-corrected chi connectivity index (χ1v) is 10.9. The van der Waals surface area contributed by atoms with Gasteiger partial charge >= 0.3 is 0 Å². The van der Waals surface area contributed by atoms with E-state index in [4.69, 9.17) is 14.0 Å². The van der Waals surface area contributed by atoms with Gasteiger partial charge in [0.25, 0.3) is 11.3 Å². The predicted octanol–water partition coefficient (Wildman–Crippen LogP) is 4.50. The van der Waals surface area contributed by atoms with Crippen molar-refractivity contribution in [2.45, 2.75) is 19.8 Å². The molecule has 2 aromatic heterocycles. The van der Waals surface area contributed by atoms with Crippen LogP contribution in [0.3, 0.4) is 0 Å². The molecular weight excluding hydrogens is 414 g/mol. The second-order valence-electron chi connectivity index (χ2n) is 7.12. The summed E-state index contributed by atoms with van der Waals surface area (Å²) in [4.78, 5) is 9.21. The number of rotatable bonds is 7. The van der Waals surface area contributed by atoms with Gasteiger partial charge in [-0.15, -0.1) is 0 Å². The zero-order chi connectivity index (χ0) is 22.0. The molecule has 0 spiro atoms. The molecule has 0 radical (unpaired) electrons. The van der Waals surface area contributed by atoms with Crippen molar-refractivity contribution in [3.63, 3.8) is 0 Å². The highest BCUT2D eigenvalue weighted by molar-refractivity contribution is 7.80. The zero-order valence-electron chi connectivity index (χ0n) is 17.5. The molecule has 7 nitrogen and oxygen atoms in total. The first-order chi connectivity index (χ1) is 15.0. The highest BCUT2D eigenvalue weighted by Gasteiger charge is 2.13. The van der Waals surface area contributed by atoms with Crippen molar-refractivity contribution in [1.29, 1.82) is 0 Å². The van der Waals surface area contributed by atoms with Crippen LogP contribution in [0.2, 0.25) is 0 Å². The summed E-state index contributed by atoms with van der Waals surface area (Å²) in [5, 5.41) is 2.99. The van der Waals surface area contributed by atoms with E-state index in [2.05, 4.69) is 21.6 Å². The van der Waals surface area contributed by atoms with E-state index in [9.17, 15) is 4.21 Å². The fraction of sp³-hybridized carbons (Fsp3) is 0.217. The van der Waals surface area contributed by atoms with Crippen LogP contribution in [-0.2, 0) is 24.1 Å². The molecule has 4 aromatic rings. The molecule has 31 heavy (non-hydrogen) atoms. The Balaban J connectivity index is 1.78. The highest BCUT2D eigenvalue weighted by Crippen LogP contribution is 2.35. The first kappa shape index (κ1) is 21.0. The molecule has 0 aliphatic heterocycles. The molecule has 2 N–H and O–H groups in total. The molecule has 0 fully saturated rings. The number of fused-ring (bicyclic) bond motifs is 2. The Hall–Kier alpha value is -3.23. The van der Waals surface area contributed by atoms with Crippen molar-refractivity contribution >= 4 is 38.6 Å². The van der Waals surface area contributed by atoms with Crippen molar-refractivity contribution in [2.75, 3.05) is 18.9 Å². The maximum atomic E-state index is 11.0. The van der Waals surface area contributed by atoms with Crippen LogP contribution in [0.25, 0.3) is 21.7 Å². The Bertz CT molecular complexity index is 1290. The molecule has 1 atom stereocenters. The normalized spacial score (nSPS) is 12.1. The summed E-state index contributed by atoms with van der Waals surface area (Å²) in [6, 6.07) is 11.4. The van der Waals surface area contributed by atoms with Gasteiger partial charge in [-0.25, -0.2) is 4.21 Å². The Morgan fingerprint density at radius 2 is 1.74 bits per heavy atom. The number of hydrogen-bond acceptors (Lipinski definition) is 5. The van der Waals surface area contributed by atoms with Gasteiger partial charge in [-0.05, 0) is 59.3 Å². The van der Waals surface area contributed by atoms with Crippen LogP contribution in [0.5, 0.6) is 11.5 Å². The van der Waals surface area contributed by atoms with Crippen LogP contribution in [0.1, 0.15) is 23.7 Å². The molecule has 8 heteroatoms. The fourth-order valence-corrected chi connectivity index (χ4v) is 4.09. The fourth-order valence-electron chi connectivity index (χ4n) is 3.76. The molecule has 160 valence electrons. The minimum Gasteiger partial charge on any atom is -0.493 e. The Labute approximate surface area is 182 Å². The number of anilines is 1. The van der Waals surface area contributed by atoms with Crippen molar-refractivity contribution < 1.29 is 18.2 Å². The lowest BCUT2D eigenvalue weighted by Gasteiger charge is -2.14. The van der Waals surface area contributed by atoms with Crippen LogP contribution < -0.4 is 14.2 Å². The maximum absolute atomic E-state index is 11.0. The minimum absolute atomic E-state index is 0.559. The molecule has 0 amide bonds. The summed E-state index contributed by atoms with van der Waals surface area (Å²) < 4.78 is 33.6. The molecule has 0 aliphatic carbocycles. The summed E-state index contributed by atoms with van der Waals surface area (Å²) >= 11 is -2.12. The number of benzene rings is 2. The lowest BCUT2D eigenvalue weighted by molar-refractivity contribution is 0.356. The summed E-state index contributed by atoms with van der Waals surface area (Å²) in [7, 11) is 3.26. The van der Waals surface area contributed by atoms with Gasteiger partial charge in [0.15, 0.2) is 11.5 Å². The molecule has 0 bridgehead atoms. The van der Waals surface area contributed by atoms with E-state index in [-0.39, 0.29) is 0 Å². The SMILES string of the molecule is CCc1ncc(Cc2cnc3ccc(NS(=O)O)cc3c2)c2cc(OC)c(OC)cc12. The van der Waals surface area contributed by atoms with Gasteiger partial charge in [0.2, 0.25) is 0 Å². The van der Waals surface area contributed by atoms with Crippen LogP contribution in [0.15, 0.2) is 48.8 Å². The van der Waals surface area contributed by atoms with E-state index in [0.29, 0.717) is 23.6 Å². The lowest BCUT2D eigenvalue weighted by atomic mass is 9.98. The van der Waals surface area contributed by atoms with Crippen molar-refractivity contribution in [3.8, 4) is 11.5 Å². The second kappa shape index (κ2) is 8.87. The van der Waals surface area contributed by atoms with Crippen molar-refractivity contribution in [1.82, 2.24) is 9.97 Å². The van der Waals surface area contributed by atoms with E-state index in [1.54, 1.807) is 20.3 Å². The van der Waals surface area contributed by atoms with Crippen LogP contribution >= 0.6 is 0 Å². The van der Waals surface area contributed by atoms with E-state index in [0.717, 1.165) is 44.9 Å². The van der Waals surface area contributed by atoms with Gasteiger partial charge in [0.05, 0.1) is 19.7 Å². The van der Waals surface area contributed by atoms with Gasteiger partial charge in [-0.3, -0.25) is 19.2 Å². The Morgan fingerprint density at radius 1 is 1.00 bits per heavy atom. The molecule has 0 saturated carbocycles. The third-order valence-electron chi connectivity index (χ3n) is 5.23. The Morgan fingerprint density at radius 3 is 2.42 bits per heavy atom. The van der Waals surface area contributed by atoms with Gasteiger partial charge in [-0.1, -0.05) is 6.92 Å². The van der Waals surface area contributed by atoms with Crippen LogP contribution in [0.4, 0.5) is 5.69 Å². The van der Waals surface area contributed by atoms with E-state index >= 15 is 0 Å². The Kier molecular flexibility index (Phi) is 6.01. The lowest BCUT2D eigenvalue weighted by Crippen LogP contribution is -2.01. The highest BCUT2D eigenvalue weighted by atomic mass is 32.2.